The predicted molar refractivity (Wildman–Crippen MR) is 87.9 cm³/mol. The van der Waals surface area contributed by atoms with Crippen LogP contribution in [-0.4, -0.2) is 11.8 Å². The van der Waals surface area contributed by atoms with Gasteiger partial charge in [0.15, 0.2) is 0 Å². The topological polar surface area (TPSA) is 46.2 Å². The zero-order valence-corrected chi connectivity index (χ0v) is 13.8. The van der Waals surface area contributed by atoms with Crippen molar-refractivity contribution in [3.8, 4) is 11.1 Å². The Kier molecular flexibility index (Phi) is 3.86. The summed E-state index contributed by atoms with van der Waals surface area (Å²) in [4.78, 5) is 23.8. The molecule has 2 aromatic carbocycles. The smallest absolute Gasteiger partial charge is 0.259 e. The van der Waals surface area contributed by atoms with Crippen LogP contribution in [0.15, 0.2) is 36.4 Å². The van der Waals surface area contributed by atoms with Gasteiger partial charge >= 0.3 is 0 Å². The Bertz CT molecular complexity index is 812. The number of amides is 2. The average Bonchev–Trinajstić information content (AvgIpc) is 2.73. The summed E-state index contributed by atoms with van der Waals surface area (Å²) in [6.07, 6.45) is 0. The van der Waals surface area contributed by atoms with E-state index in [1.165, 1.54) is 6.07 Å². The summed E-state index contributed by atoms with van der Waals surface area (Å²) in [6.45, 7) is 0. The molecule has 0 aromatic heterocycles. The summed E-state index contributed by atoms with van der Waals surface area (Å²) in [5.41, 5.74) is 1.95. The van der Waals surface area contributed by atoms with Gasteiger partial charge < -0.3 is 0 Å². The minimum absolute atomic E-state index is 0.269. The van der Waals surface area contributed by atoms with Crippen LogP contribution in [-0.2, 0) is 3.79 Å². The average molecular weight is 375 g/mol. The number of fused-ring (bicyclic) bond motifs is 1. The lowest BCUT2D eigenvalue weighted by molar-refractivity contribution is 0.0880. The van der Waals surface area contributed by atoms with Gasteiger partial charge in [-0.05, 0) is 29.3 Å². The number of hydrogen-bond acceptors (Lipinski definition) is 2. The molecule has 22 heavy (non-hydrogen) atoms. The zero-order valence-electron chi connectivity index (χ0n) is 10.8. The van der Waals surface area contributed by atoms with Crippen molar-refractivity contribution in [2.45, 2.75) is 3.79 Å². The Balaban J connectivity index is 2.31. The van der Waals surface area contributed by atoms with Gasteiger partial charge in [0.2, 0.25) is 3.79 Å². The Morgan fingerprint density at radius 3 is 2.23 bits per heavy atom. The van der Waals surface area contributed by atoms with Gasteiger partial charge in [-0.25, -0.2) is 0 Å². The van der Waals surface area contributed by atoms with Gasteiger partial charge in [0, 0.05) is 10.6 Å². The van der Waals surface area contributed by atoms with Crippen molar-refractivity contribution in [1.82, 2.24) is 5.32 Å². The quantitative estimate of drug-likeness (QED) is 0.580. The molecule has 1 aliphatic rings. The molecular formula is C15H7Cl4NO2. The molecule has 0 unspecified atom stereocenters. The Labute approximate surface area is 146 Å². The molecule has 1 N–H and O–H groups in total. The van der Waals surface area contributed by atoms with E-state index in [9.17, 15) is 9.59 Å². The van der Waals surface area contributed by atoms with E-state index in [0.29, 0.717) is 27.3 Å². The van der Waals surface area contributed by atoms with Gasteiger partial charge in [-0.15, -0.1) is 0 Å². The summed E-state index contributed by atoms with van der Waals surface area (Å²) in [6, 6.07) is 9.75. The molecule has 0 aliphatic carbocycles. The van der Waals surface area contributed by atoms with Crippen LogP contribution in [0.2, 0.25) is 5.02 Å². The van der Waals surface area contributed by atoms with E-state index in [4.69, 9.17) is 46.4 Å². The van der Waals surface area contributed by atoms with E-state index in [-0.39, 0.29) is 5.56 Å². The van der Waals surface area contributed by atoms with Crippen LogP contribution in [0, 0.1) is 0 Å². The molecule has 0 saturated carbocycles. The van der Waals surface area contributed by atoms with Gasteiger partial charge in [0.25, 0.3) is 11.8 Å². The number of benzene rings is 2. The van der Waals surface area contributed by atoms with E-state index in [2.05, 4.69) is 5.32 Å². The molecule has 0 fully saturated rings. The molecule has 0 spiro atoms. The molecule has 0 atom stereocenters. The van der Waals surface area contributed by atoms with Gasteiger partial charge in [-0.1, -0.05) is 64.6 Å². The molecule has 1 heterocycles. The van der Waals surface area contributed by atoms with Crippen LogP contribution in [0.25, 0.3) is 11.1 Å². The third-order valence-electron chi connectivity index (χ3n) is 3.34. The molecule has 7 heteroatoms. The molecule has 0 radical (unpaired) electrons. The Hall–Kier alpha value is -1.26. The predicted octanol–water partition coefficient (Wildman–Crippen LogP) is 4.72. The number of carbonyl (C=O) groups is 2. The number of rotatable bonds is 1. The minimum Gasteiger partial charge on any atom is -0.288 e. The first-order valence-corrected chi connectivity index (χ1v) is 7.66. The molecule has 112 valence electrons. The maximum atomic E-state index is 12.0. The standard InChI is InChI=1S/C15H7Cl4NO2/c16-7-4-5-8(11(6-7)15(17,18)19)9-2-1-3-10-12(9)14(22)20-13(10)21/h1-6H,(H,20,21,22). The van der Waals surface area contributed by atoms with Crippen LogP contribution >= 0.6 is 46.4 Å². The van der Waals surface area contributed by atoms with Crippen molar-refractivity contribution in [2.75, 3.05) is 0 Å². The van der Waals surface area contributed by atoms with Crippen molar-refractivity contribution in [3.63, 3.8) is 0 Å². The molecule has 2 aromatic rings. The normalized spacial score (nSPS) is 14.0. The van der Waals surface area contributed by atoms with Crippen molar-refractivity contribution >= 4 is 58.2 Å². The number of halogens is 4. The first-order valence-electron chi connectivity index (χ1n) is 6.15. The lowest BCUT2D eigenvalue weighted by Crippen LogP contribution is -2.20. The number of carbonyl (C=O) groups excluding carboxylic acids is 2. The van der Waals surface area contributed by atoms with E-state index < -0.39 is 15.6 Å². The molecular weight excluding hydrogens is 368 g/mol. The lowest BCUT2D eigenvalue weighted by Gasteiger charge is -2.18. The maximum Gasteiger partial charge on any atom is 0.259 e. The van der Waals surface area contributed by atoms with Crippen LogP contribution in [0.5, 0.6) is 0 Å². The fraction of sp³-hybridized carbons (Fsp3) is 0.0667. The molecule has 3 nitrogen and oxygen atoms in total. The maximum absolute atomic E-state index is 12.0. The highest BCUT2D eigenvalue weighted by Crippen LogP contribution is 2.45. The highest BCUT2D eigenvalue weighted by molar-refractivity contribution is 6.67. The van der Waals surface area contributed by atoms with Gasteiger partial charge in [-0.2, -0.15) is 0 Å². The third-order valence-corrected chi connectivity index (χ3v) is 4.19. The van der Waals surface area contributed by atoms with Gasteiger partial charge in [-0.3, -0.25) is 14.9 Å². The first kappa shape index (κ1) is 15.6. The van der Waals surface area contributed by atoms with Crippen molar-refractivity contribution in [1.29, 1.82) is 0 Å². The third kappa shape index (κ3) is 2.59. The molecule has 2 amide bonds. The molecule has 1 aliphatic heterocycles. The molecule has 0 saturated heterocycles. The van der Waals surface area contributed by atoms with Gasteiger partial charge in [0.05, 0.1) is 11.1 Å². The highest BCUT2D eigenvalue weighted by Gasteiger charge is 2.33. The van der Waals surface area contributed by atoms with Crippen LogP contribution < -0.4 is 5.32 Å². The summed E-state index contributed by atoms with van der Waals surface area (Å²) >= 11 is 24.0. The number of hydrogen-bond donors (Lipinski definition) is 1. The van der Waals surface area contributed by atoms with E-state index in [1.807, 2.05) is 0 Å². The second-order valence-corrected chi connectivity index (χ2v) is 7.42. The summed E-state index contributed by atoms with van der Waals surface area (Å²) in [7, 11) is 0. The zero-order chi connectivity index (χ0) is 16.1. The SMILES string of the molecule is O=C1NC(=O)c2c1cccc2-c1ccc(Cl)cc1C(Cl)(Cl)Cl. The van der Waals surface area contributed by atoms with E-state index >= 15 is 0 Å². The highest BCUT2D eigenvalue weighted by atomic mass is 35.6. The fourth-order valence-corrected chi connectivity index (χ4v) is 3.07. The van der Waals surface area contributed by atoms with Crippen molar-refractivity contribution in [2.24, 2.45) is 0 Å². The second kappa shape index (κ2) is 5.43. The van der Waals surface area contributed by atoms with Gasteiger partial charge in [0.1, 0.15) is 0 Å². The fourth-order valence-electron chi connectivity index (χ4n) is 2.43. The van der Waals surface area contributed by atoms with Crippen LogP contribution in [0.3, 0.4) is 0 Å². The largest absolute Gasteiger partial charge is 0.288 e. The van der Waals surface area contributed by atoms with Crippen LogP contribution in [0.4, 0.5) is 0 Å². The van der Waals surface area contributed by atoms with Crippen molar-refractivity contribution in [3.05, 3.63) is 58.1 Å². The number of nitrogens with one attached hydrogen (secondary N) is 1. The van der Waals surface area contributed by atoms with E-state index in [0.717, 1.165) is 0 Å². The van der Waals surface area contributed by atoms with E-state index in [1.54, 1.807) is 30.3 Å². The monoisotopic (exact) mass is 373 g/mol. The first-order chi connectivity index (χ1) is 10.3. The number of imide groups is 1. The minimum atomic E-state index is -1.72. The van der Waals surface area contributed by atoms with Crippen LogP contribution in [0.1, 0.15) is 26.3 Å². The molecule has 3 rings (SSSR count). The summed E-state index contributed by atoms with van der Waals surface area (Å²) in [5.74, 6) is -0.910. The van der Waals surface area contributed by atoms with Crippen molar-refractivity contribution < 1.29 is 9.59 Å². The summed E-state index contributed by atoms with van der Waals surface area (Å²) < 4.78 is -1.72. The Morgan fingerprint density at radius 1 is 0.864 bits per heavy atom. The molecule has 0 bridgehead atoms. The lowest BCUT2D eigenvalue weighted by atomic mass is 9.93. The summed E-state index contributed by atoms with van der Waals surface area (Å²) in [5, 5.41) is 2.66. The number of alkyl halides is 3. The Morgan fingerprint density at radius 2 is 1.55 bits per heavy atom. The second-order valence-electron chi connectivity index (χ2n) is 4.70.